The molecule has 3 heteroatoms. The van der Waals surface area contributed by atoms with E-state index < -0.39 is 6.10 Å². The van der Waals surface area contributed by atoms with E-state index in [1.807, 2.05) is 35.8 Å². The van der Waals surface area contributed by atoms with Crippen molar-refractivity contribution in [2.24, 2.45) is 0 Å². The molecule has 0 amide bonds. The van der Waals surface area contributed by atoms with Crippen molar-refractivity contribution in [2.45, 2.75) is 19.4 Å². The Morgan fingerprint density at radius 1 is 1.26 bits per heavy atom. The van der Waals surface area contributed by atoms with Gasteiger partial charge in [-0.1, -0.05) is 25.1 Å². The molecule has 3 rings (SSSR count). The summed E-state index contributed by atoms with van der Waals surface area (Å²) in [6.07, 6.45) is 3.98. The largest absolute Gasteiger partial charge is 0.383 e. The minimum absolute atomic E-state index is 0.567. The van der Waals surface area contributed by atoms with E-state index in [4.69, 9.17) is 0 Å². The Kier molecular flexibility index (Phi) is 3.32. The predicted octanol–water partition coefficient (Wildman–Crippen LogP) is 3.94. The van der Waals surface area contributed by atoms with Crippen molar-refractivity contribution in [1.29, 1.82) is 0 Å². The first-order valence-corrected chi connectivity index (χ1v) is 7.26. The highest BCUT2D eigenvalue weighted by Gasteiger charge is 2.17. The van der Waals surface area contributed by atoms with Gasteiger partial charge in [-0.2, -0.15) is 0 Å². The summed E-state index contributed by atoms with van der Waals surface area (Å²) in [4.78, 5) is 5.21. The van der Waals surface area contributed by atoms with Crippen molar-refractivity contribution in [3.05, 3.63) is 64.1 Å². The number of aromatic nitrogens is 1. The number of thiophene rings is 1. The monoisotopic (exact) mass is 269 g/mol. The van der Waals surface area contributed by atoms with E-state index >= 15 is 0 Å². The van der Waals surface area contributed by atoms with Gasteiger partial charge >= 0.3 is 0 Å². The fourth-order valence-electron chi connectivity index (χ4n) is 2.40. The third kappa shape index (κ3) is 2.15. The number of hydrogen-bond acceptors (Lipinski definition) is 3. The Hall–Kier alpha value is -1.71. The Balaban J connectivity index is 2.14. The molecule has 0 radical (unpaired) electrons. The minimum Gasteiger partial charge on any atom is -0.383 e. The average Bonchev–Trinajstić information content (AvgIpc) is 2.94. The summed E-state index contributed by atoms with van der Waals surface area (Å²) in [7, 11) is 0. The Morgan fingerprint density at radius 2 is 2.16 bits per heavy atom. The quantitative estimate of drug-likeness (QED) is 0.781. The Morgan fingerprint density at radius 3 is 3.00 bits per heavy atom. The van der Waals surface area contributed by atoms with Crippen LogP contribution in [0, 0.1) is 0 Å². The molecule has 0 spiro atoms. The van der Waals surface area contributed by atoms with Crippen LogP contribution in [0.1, 0.15) is 29.0 Å². The number of benzene rings is 1. The molecule has 19 heavy (non-hydrogen) atoms. The Labute approximate surface area is 116 Å². The van der Waals surface area contributed by atoms with Crippen LogP contribution in [0.5, 0.6) is 0 Å². The summed E-state index contributed by atoms with van der Waals surface area (Å²) in [5, 5.41) is 14.8. The number of aryl methyl sites for hydroxylation is 1. The van der Waals surface area contributed by atoms with E-state index in [1.165, 1.54) is 5.56 Å². The maximum Gasteiger partial charge on any atom is 0.114 e. The lowest BCUT2D eigenvalue weighted by molar-refractivity contribution is 0.225. The summed E-state index contributed by atoms with van der Waals surface area (Å²) >= 11 is 1.62. The van der Waals surface area contributed by atoms with Crippen LogP contribution >= 0.6 is 11.3 Å². The number of fused-ring (bicyclic) bond motifs is 1. The molecule has 0 aliphatic heterocycles. The molecule has 1 aromatic carbocycles. The van der Waals surface area contributed by atoms with Crippen LogP contribution in [0.25, 0.3) is 10.8 Å². The van der Waals surface area contributed by atoms with Crippen LogP contribution in [0.4, 0.5) is 0 Å². The average molecular weight is 269 g/mol. The molecule has 0 saturated heterocycles. The van der Waals surface area contributed by atoms with Gasteiger partial charge in [0.15, 0.2) is 0 Å². The van der Waals surface area contributed by atoms with Crippen LogP contribution in [-0.2, 0) is 6.42 Å². The molecular formula is C16H15NOS. The van der Waals surface area contributed by atoms with Gasteiger partial charge in [-0.3, -0.25) is 4.98 Å². The topological polar surface area (TPSA) is 33.1 Å². The lowest BCUT2D eigenvalue weighted by Crippen LogP contribution is -2.01. The highest BCUT2D eigenvalue weighted by molar-refractivity contribution is 7.10. The lowest BCUT2D eigenvalue weighted by Gasteiger charge is -2.14. The van der Waals surface area contributed by atoms with E-state index in [0.29, 0.717) is 0 Å². The fourth-order valence-corrected chi connectivity index (χ4v) is 3.39. The van der Waals surface area contributed by atoms with Crippen LogP contribution < -0.4 is 0 Å². The molecule has 3 aromatic rings. The highest BCUT2D eigenvalue weighted by atomic mass is 32.1. The summed E-state index contributed by atoms with van der Waals surface area (Å²) in [6, 6.07) is 10.1. The first kappa shape index (κ1) is 12.3. The van der Waals surface area contributed by atoms with Gasteiger partial charge in [0, 0.05) is 22.7 Å². The summed E-state index contributed by atoms with van der Waals surface area (Å²) < 4.78 is 0. The van der Waals surface area contributed by atoms with Crippen LogP contribution in [-0.4, -0.2) is 10.1 Å². The predicted molar refractivity (Wildman–Crippen MR) is 79.5 cm³/mol. The lowest BCUT2D eigenvalue weighted by atomic mass is 9.99. The number of aliphatic hydroxyl groups excluding tert-OH is 1. The van der Waals surface area contributed by atoms with Gasteiger partial charge in [0.1, 0.15) is 6.10 Å². The van der Waals surface area contributed by atoms with Crippen molar-refractivity contribution in [2.75, 3.05) is 0 Å². The number of pyridine rings is 1. The normalized spacial score (nSPS) is 12.7. The SMILES string of the molecule is CCc1ccsc1C(O)c1cccc2ccncc12. The molecule has 0 aliphatic carbocycles. The number of rotatable bonds is 3. The van der Waals surface area contributed by atoms with E-state index in [0.717, 1.165) is 27.6 Å². The second kappa shape index (κ2) is 5.11. The maximum absolute atomic E-state index is 10.7. The van der Waals surface area contributed by atoms with E-state index in [1.54, 1.807) is 17.5 Å². The van der Waals surface area contributed by atoms with Crippen LogP contribution in [0.15, 0.2) is 48.1 Å². The number of nitrogens with zero attached hydrogens (tertiary/aromatic N) is 1. The van der Waals surface area contributed by atoms with Gasteiger partial charge in [-0.25, -0.2) is 0 Å². The minimum atomic E-state index is -0.567. The van der Waals surface area contributed by atoms with Gasteiger partial charge in [-0.15, -0.1) is 11.3 Å². The molecule has 0 aliphatic rings. The van der Waals surface area contributed by atoms with Crippen molar-refractivity contribution < 1.29 is 5.11 Å². The summed E-state index contributed by atoms with van der Waals surface area (Å²) in [6.45, 7) is 2.11. The zero-order valence-electron chi connectivity index (χ0n) is 10.7. The number of aliphatic hydroxyl groups is 1. The Bertz CT molecular complexity index is 699. The number of hydrogen-bond donors (Lipinski definition) is 1. The van der Waals surface area contributed by atoms with Crippen molar-refractivity contribution in [1.82, 2.24) is 4.98 Å². The molecule has 1 atom stereocenters. The third-order valence-electron chi connectivity index (χ3n) is 3.42. The second-order valence-electron chi connectivity index (χ2n) is 4.51. The summed E-state index contributed by atoms with van der Waals surface area (Å²) in [5.41, 5.74) is 2.15. The van der Waals surface area contributed by atoms with E-state index in [2.05, 4.69) is 18.0 Å². The molecule has 0 bridgehead atoms. The standard InChI is InChI=1S/C16H15NOS/c1-2-11-7-9-19-16(11)15(18)13-5-3-4-12-6-8-17-10-14(12)13/h3-10,15,18H,2H2,1H3. The van der Waals surface area contributed by atoms with E-state index in [9.17, 15) is 5.11 Å². The van der Waals surface area contributed by atoms with Gasteiger partial charge < -0.3 is 5.11 Å². The molecule has 1 N–H and O–H groups in total. The van der Waals surface area contributed by atoms with Crippen LogP contribution in [0.2, 0.25) is 0 Å². The fraction of sp³-hybridized carbons (Fsp3) is 0.188. The third-order valence-corrected chi connectivity index (χ3v) is 4.43. The molecule has 0 fully saturated rings. The molecule has 1 unspecified atom stereocenters. The van der Waals surface area contributed by atoms with E-state index in [-0.39, 0.29) is 0 Å². The maximum atomic E-state index is 10.7. The van der Waals surface area contributed by atoms with Crippen LogP contribution in [0.3, 0.4) is 0 Å². The van der Waals surface area contributed by atoms with Crippen molar-refractivity contribution >= 4 is 22.1 Å². The molecule has 2 nitrogen and oxygen atoms in total. The molecular weight excluding hydrogens is 254 g/mol. The molecule has 0 saturated carbocycles. The van der Waals surface area contributed by atoms with Gasteiger partial charge in [-0.05, 0) is 40.4 Å². The molecule has 2 aromatic heterocycles. The highest BCUT2D eigenvalue weighted by Crippen LogP contribution is 2.33. The van der Waals surface area contributed by atoms with Crippen molar-refractivity contribution in [3.8, 4) is 0 Å². The smallest absolute Gasteiger partial charge is 0.114 e. The van der Waals surface area contributed by atoms with Crippen molar-refractivity contribution in [3.63, 3.8) is 0 Å². The zero-order chi connectivity index (χ0) is 13.2. The van der Waals surface area contributed by atoms with Gasteiger partial charge in [0.2, 0.25) is 0 Å². The molecule has 2 heterocycles. The zero-order valence-corrected chi connectivity index (χ0v) is 11.5. The van der Waals surface area contributed by atoms with Gasteiger partial charge in [0.25, 0.3) is 0 Å². The first-order chi connectivity index (χ1) is 9.31. The summed E-state index contributed by atoms with van der Waals surface area (Å²) in [5.74, 6) is 0. The van der Waals surface area contributed by atoms with Gasteiger partial charge in [0.05, 0.1) is 0 Å². The molecule has 96 valence electrons. The second-order valence-corrected chi connectivity index (χ2v) is 5.46. The first-order valence-electron chi connectivity index (χ1n) is 6.38.